The van der Waals surface area contributed by atoms with Crippen molar-refractivity contribution in [1.29, 1.82) is 0 Å². The number of nitrogens with zero attached hydrogens (tertiary/aromatic N) is 3. The Labute approximate surface area is 158 Å². The van der Waals surface area contributed by atoms with Gasteiger partial charge in [-0.25, -0.2) is 4.99 Å². The first-order valence-electron chi connectivity index (χ1n) is 9.65. The molecule has 1 aliphatic heterocycles. The summed E-state index contributed by atoms with van der Waals surface area (Å²) in [4.78, 5) is 9.37. The van der Waals surface area contributed by atoms with E-state index in [0.29, 0.717) is 12.6 Å². The molecular weight excluding hydrogens is 326 g/mol. The molecule has 6 nitrogen and oxygen atoms in total. The summed E-state index contributed by atoms with van der Waals surface area (Å²) < 4.78 is 5.43. The van der Waals surface area contributed by atoms with Crippen molar-refractivity contribution in [1.82, 2.24) is 20.4 Å². The molecule has 0 amide bonds. The SMILES string of the molecule is CCNC(=NCc1ccc(CN(C)C)cc1)NCC(C)N1CCOCC1. The quantitative estimate of drug-likeness (QED) is 0.543. The Morgan fingerprint density at radius 1 is 1.15 bits per heavy atom. The molecule has 0 spiro atoms. The van der Waals surface area contributed by atoms with Crippen LogP contribution in [0.3, 0.4) is 0 Å². The van der Waals surface area contributed by atoms with Crippen LogP contribution in [-0.4, -0.2) is 75.3 Å². The summed E-state index contributed by atoms with van der Waals surface area (Å²) in [7, 11) is 4.18. The first-order chi connectivity index (χ1) is 12.6. The molecule has 0 aliphatic carbocycles. The van der Waals surface area contributed by atoms with Crippen LogP contribution in [0, 0.1) is 0 Å². The highest BCUT2D eigenvalue weighted by atomic mass is 16.5. The molecule has 1 aromatic carbocycles. The fourth-order valence-corrected chi connectivity index (χ4v) is 3.02. The van der Waals surface area contributed by atoms with Crippen LogP contribution in [0.25, 0.3) is 0 Å². The van der Waals surface area contributed by atoms with E-state index in [9.17, 15) is 0 Å². The van der Waals surface area contributed by atoms with Gasteiger partial charge >= 0.3 is 0 Å². The number of rotatable bonds is 8. The molecule has 1 aliphatic rings. The van der Waals surface area contributed by atoms with Crippen molar-refractivity contribution < 1.29 is 4.74 Å². The number of nitrogens with one attached hydrogen (secondary N) is 2. The van der Waals surface area contributed by atoms with Crippen molar-refractivity contribution in [3.63, 3.8) is 0 Å². The van der Waals surface area contributed by atoms with E-state index in [2.05, 4.69) is 72.6 Å². The molecule has 2 rings (SSSR count). The molecule has 1 aromatic rings. The molecule has 0 aromatic heterocycles. The Kier molecular flexibility index (Phi) is 8.88. The average molecular weight is 362 g/mol. The summed E-state index contributed by atoms with van der Waals surface area (Å²) in [6, 6.07) is 9.18. The first-order valence-corrected chi connectivity index (χ1v) is 9.65. The molecule has 2 N–H and O–H groups in total. The number of ether oxygens (including phenoxy) is 1. The van der Waals surface area contributed by atoms with Crippen molar-refractivity contribution in [3.8, 4) is 0 Å². The van der Waals surface area contributed by atoms with Gasteiger partial charge in [-0.1, -0.05) is 24.3 Å². The van der Waals surface area contributed by atoms with E-state index in [-0.39, 0.29) is 0 Å². The third kappa shape index (κ3) is 7.32. The summed E-state index contributed by atoms with van der Waals surface area (Å²) in [5.74, 6) is 0.880. The van der Waals surface area contributed by atoms with E-state index in [1.54, 1.807) is 0 Å². The van der Waals surface area contributed by atoms with Crippen LogP contribution >= 0.6 is 0 Å². The summed E-state index contributed by atoms with van der Waals surface area (Å²) in [5.41, 5.74) is 2.55. The minimum atomic E-state index is 0.466. The van der Waals surface area contributed by atoms with Crippen molar-refractivity contribution in [3.05, 3.63) is 35.4 Å². The van der Waals surface area contributed by atoms with Crippen molar-refractivity contribution in [2.24, 2.45) is 4.99 Å². The molecule has 0 saturated carbocycles. The fraction of sp³-hybridized carbons (Fsp3) is 0.650. The highest BCUT2D eigenvalue weighted by Gasteiger charge is 2.16. The van der Waals surface area contributed by atoms with Gasteiger partial charge in [0.05, 0.1) is 19.8 Å². The summed E-state index contributed by atoms with van der Waals surface area (Å²) in [5, 5.41) is 6.81. The molecule has 1 saturated heterocycles. The van der Waals surface area contributed by atoms with Gasteiger partial charge in [0, 0.05) is 38.8 Å². The smallest absolute Gasteiger partial charge is 0.191 e. The van der Waals surface area contributed by atoms with Crippen LogP contribution in [0.15, 0.2) is 29.3 Å². The Balaban J connectivity index is 1.85. The summed E-state index contributed by atoms with van der Waals surface area (Å²) in [6.45, 7) is 11.4. The van der Waals surface area contributed by atoms with Crippen LogP contribution in [-0.2, 0) is 17.8 Å². The Hall–Kier alpha value is -1.63. The van der Waals surface area contributed by atoms with Gasteiger partial charge in [-0.05, 0) is 39.1 Å². The van der Waals surface area contributed by atoms with Crippen LogP contribution in [0.4, 0.5) is 0 Å². The molecule has 146 valence electrons. The number of aliphatic imine (C=N–C) groups is 1. The van der Waals surface area contributed by atoms with E-state index < -0.39 is 0 Å². The standard InChI is InChI=1S/C20H35N5O/c1-5-21-20(22-14-17(2)25-10-12-26-13-11-25)23-15-18-6-8-19(9-7-18)16-24(3)4/h6-9,17H,5,10-16H2,1-4H3,(H2,21,22,23). The molecule has 1 atom stereocenters. The molecule has 1 unspecified atom stereocenters. The highest BCUT2D eigenvalue weighted by Crippen LogP contribution is 2.07. The fourth-order valence-electron chi connectivity index (χ4n) is 3.02. The maximum absolute atomic E-state index is 5.43. The molecule has 26 heavy (non-hydrogen) atoms. The normalized spacial score (nSPS) is 17.3. The summed E-state index contributed by atoms with van der Waals surface area (Å²) >= 11 is 0. The van der Waals surface area contributed by atoms with Gasteiger partial charge < -0.3 is 20.3 Å². The van der Waals surface area contributed by atoms with Gasteiger partial charge in [-0.2, -0.15) is 0 Å². The lowest BCUT2D eigenvalue weighted by Crippen LogP contribution is -2.49. The minimum Gasteiger partial charge on any atom is -0.379 e. The zero-order chi connectivity index (χ0) is 18.8. The van der Waals surface area contributed by atoms with Gasteiger partial charge in [-0.3, -0.25) is 4.90 Å². The number of benzene rings is 1. The van der Waals surface area contributed by atoms with Crippen LogP contribution in [0.2, 0.25) is 0 Å². The second-order valence-corrected chi connectivity index (χ2v) is 7.13. The number of guanidine groups is 1. The monoisotopic (exact) mass is 361 g/mol. The summed E-state index contributed by atoms with van der Waals surface area (Å²) in [6.07, 6.45) is 0. The number of hydrogen-bond donors (Lipinski definition) is 2. The van der Waals surface area contributed by atoms with Crippen molar-refractivity contribution >= 4 is 5.96 Å². The largest absolute Gasteiger partial charge is 0.379 e. The van der Waals surface area contributed by atoms with Gasteiger partial charge in [0.15, 0.2) is 5.96 Å². The number of morpholine rings is 1. The third-order valence-electron chi connectivity index (χ3n) is 4.52. The highest BCUT2D eigenvalue weighted by molar-refractivity contribution is 5.79. The third-order valence-corrected chi connectivity index (χ3v) is 4.52. The van der Waals surface area contributed by atoms with Gasteiger partial charge in [-0.15, -0.1) is 0 Å². The second-order valence-electron chi connectivity index (χ2n) is 7.13. The van der Waals surface area contributed by atoms with Crippen LogP contribution < -0.4 is 10.6 Å². The predicted octanol–water partition coefficient (Wildman–Crippen LogP) is 1.52. The predicted molar refractivity (Wildman–Crippen MR) is 109 cm³/mol. The van der Waals surface area contributed by atoms with Crippen LogP contribution in [0.1, 0.15) is 25.0 Å². The van der Waals surface area contributed by atoms with E-state index in [1.165, 1.54) is 11.1 Å². The van der Waals surface area contributed by atoms with Gasteiger partial charge in [0.25, 0.3) is 0 Å². The van der Waals surface area contributed by atoms with Gasteiger partial charge in [0.1, 0.15) is 0 Å². The Bertz CT molecular complexity index is 538. The zero-order valence-electron chi connectivity index (χ0n) is 16.8. The Morgan fingerprint density at radius 3 is 2.42 bits per heavy atom. The lowest BCUT2D eigenvalue weighted by Gasteiger charge is -2.32. The first kappa shape index (κ1) is 20.7. The van der Waals surface area contributed by atoms with E-state index in [4.69, 9.17) is 9.73 Å². The molecule has 0 radical (unpaired) electrons. The maximum atomic E-state index is 5.43. The Morgan fingerprint density at radius 2 is 1.81 bits per heavy atom. The lowest BCUT2D eigenvalue weighted by atomic mass is 10.1. The van der Waals surface area contributed by atoms with E-state index in [1.807, 2.05) is 0 Å². The van der Waals surface area contributed by atoms with E-state index in [0.717, 1.165) is 51.9 Å². The molecule has 1 fully saturated rings. The van der Waals surface area contributed by atoms with Gasteiger partial charge in [0.2, 0.25) is 0 Å². The number of hydrogen-bond acceptors (Lipinski definition) is 4. The topological polar surface area (TPSA) is 52.1 Å². The molecule has 6 heteroatoms. The average Bonchev–Trinajstić information content (AvgIpc) is 2.65. The maximum Gasteiger partial charge on any atom is 0.191 e. The molecule has 0 bridgehead atoms. The van der Waals surface area contributed by atoms with E-state index >= 15 is 0 Å². The van der Waals surface area contributed by atoms with Crippen molar-refractivity contribution in [2.75, 3.05) is 53.5 Å². The molecular formula is C20H35N5O. The molecule has 1 heterocycles. The van der Waals surface area contributed by atoms with Crippen molar-refractivity contribution in [2.45, 2.75) is 33.0 Å². The second kappa shape index (κ2) is 11.2. The van der Waals surface area contributed by atoms with Crippen LogP contribution in [0.5, 0.6) is 0 Å². The lowest BCUT2D eigenvalue weighted by molar-refractivity contribution is 0.0211. The zero-order valence-corrected chi connectivity index (χ0v) is 16.8. The minimum absolute atomic E-state index is 0.466.